The molecule has 0 radical (unpaired) electrons. The lowest BCUT2D eigenvalue weighted by Crippen LogP contribution is -2.45. The first kappa shape index (κ1) is 18.7. The molecule has 148 valence electrons. The molecular formula is C18H24N2O6S. The number of hydrogen-bond donors (Lipinski definition) is 1. The molecule has 0 aliphatic carbocycles. The molecule has 1 spiro atoms. The van der Waals surface area contributed by atoms with Crippen LogP contribution in [0.15, 0.2) is 29.2 Å². The average Bonchev–Trinajstić information content (AvgIpc) is 3.33. The second-order valence-corrected chi connectivity index (χ2v) is 9.09. The Bertz CT molecular complexity index is 794. The number of piperidine rings is 1. The molecule has 1 atom stereocenters. The number of carboxylic acid groups (broad SMARTS) is 1. The van der Waals surface area contributed by atoms with Gasteiger partial charge < -0.3 is 19.5 Å². The third-order valence-electron chi connectivity index (χ3n) is 5.64. The Labute approximate surface area is 158 Å². The number of rotatable bonds is 4. The molecule has 0 saturated carbocycles. The number of benzene rings is 1. The number of nitrogens with zero attached hydrogens (tertiary/aromatic N) is 2. The van der Waals surface area contributed by atoms with Crippen LogP contribution in [0.3, 0.4) is 0 Å². The summed E-state index contributed by atoms with van der Waals surface area (Å²) >= 11 is 0. The highest BCUT2D eigenvalue weighted by atomic mass is 32.2. The molecule has 9 heteroatoms. The molecule has 3 aliphatic heterocycles. The van der Waals surface area contributed by atoms with Crippen LogP contribution >= 0.6 is 0 Å². The van der Waals surface area contributed by atoms with E-state index < -0.39 is 27.8 Å². The van der Waals surface area contributed by atoms with Crippen molar-refractivity contribution in [2.45, 2.75) is 42.4 Å². The summed E-state index contributed by atoms with van der Waals surface area (Å²) in [6.07, 6.45) is 2.47. The van der Waals surface area contributed by atoms with Crippen molar-refractivity contribution in [2.75, 3.05) is 37.7 Å². The van der Waals surface area contributed by atoms with Crippen LogP contribution in [0.4, 0.5) is 5.69 Å². The lowest BCUT2D eigenvalue weighted by molar-refractivity contribution is -0.169. The van der Waals surface area contributed by atoms with Gasteiger partial charge in [0.2, 0.25) is 10.0 Å². The summed E-state index contributed by atoms with van der Waals surface area (Å²) in [5.74, 6) is -1.53. The molecule has 3 saturated heterocycles. The summed E-state index contributed by atoms with van der Waals surface area (Å²) in [7, 11) is -3.80. The smallest absolute Gasteiger partial charge is 0.322 e. The first-order chi connectivity index (χ1) is 12.9. The van der Waals surface area contributed by atoms with Crippen molar-refractivity contribution >= 4 is 21.7 Å². The summed E-state index contributed by atoms with van der Waals surface area (Å²) in [6.45, 7) is 3.08. The van der Waals surface area contributed by atoms with Gasteiger partial charge >= 0.3 is 5.97 Å². The van der Waals surface area contributed by atoms with Crippen LogP contribution in [0, 0.1) is 0 Å². The minimum absolute atomic E-state index is 0.135. The van der Waals surface area contributed by atoms with Gasteiger partial charge in [-0.2, -0.15) is 4.31 Å². The molecule has 27 heavy (non-hydrogen) atoms. The van der Waals surface area contributed by atoms with Gasteiger partial charge in [0.05, 0.1) is 18.1 Å². The summed E-state index contributed by atoms with van der Waals surface area (Å²) in [6, 6.07) is 5.73. The van der Waals surface area contributed by atoms with E-state index in [0.717, 1.165) is 35.9 Å². The Morgan fingerprint density at radius 1 is 1.07 bits per heavy atom. The van der Waals surface area contributed by atoms with Gasteiger partial charge in [-0.1, -0.05) is 0 Å². The van der Waals surface area contributed by atoms with Crippen LogP contribution in [-0.4, -0.2) is 68.5 Å². The molecule has 0 aromatic heterocycles. The van der Waals surface area contributed by atoms with Crippen LogP contribution in [0.1, 0.15) is 25.7 Å². The average molecular weight is 396 g/mol. The van der Waals surface area contributed by atoms with Crippen molar-refractivity contribution in [3.05, 3.63) is 24.3 Å². The Balaban J connectivity index is 1.47. The number of aliphatic carboxylic acids is 1. The van der Waals surface area contributed by atoms with Gasteiger partial charge in [0.1, 0.15) is 6.04 Å². The van der Waals surface area contributed by atoms with Crippen LogP contribution in [0.2, 0.25) is 0 Å². The Hall–Kier alpha value is -1.68. The van der Waals surface area contributed by atoms with Crippen molar-refractivity contribution in [3.8, 4) is 0 Å². The number of hydrogen-bond acceptors (Lipinski definition) is 6. The zero-order chi connectivity index (χ0) is 19.1. The van der Waals surface area contributed by atoms with Gasteiger partial charge in [-0.15, -0.1) is 0 Å². The molecule has 1 aromatic carbocycles. The molecule has 0 amide bonds. The predicted molar refractivity (Wildman–Crippen MR) is 97.1 cm³/mol. The minimum atomic E-state index is -3.80. The Morgan fingerprint density at radius 2 is 1.70 bits per heavy atom. The van der Waals surface area contributed by atoms with Crippen molar-refractivity contribution in [1.29, 1.82) is 0 Å². The molecular weight excluding hydrogens is 372 g/mol. The third-order valence-corrected chi connectivity index (χ3v) is 7.56. The highest BCUT2D eigenvalue weighted by molar-refractivity contribution is 7.89. The first-order valence-electron chi connectivity index (χ1n) is 9.29. The summed E-state index contributed by atoms with van der Waals surface area (Å²) in [5.41, 5.74) is 0.943. The highest BCUT2D eigenvalue weighted by Crippen LogP contribution is 2.34. The normalized spacial score (nSPS) is 25.9. The zero-order valence-electron chi connectivity index (χ0n) is 15.0. The quantitative estimate of drug-likeness (QED) is 0.819. The van der Waals surface area contributed by atoms with Gasteiger partial charge in [-0.05, 0) is 37.1 Å². The van der Waals surface area contributed by atoms with Crippen LogP contribution in [0.5, 0.6) is 0 Å². The molecule has 0 unspecified atom stereocenters. The summed E-state index contributed by atoms with van der Waals surface area (Å²) < 4.78 is 38.2. The van der Waals surface area contributed by atoms with Crippen molar-refractivity contribution in [1.82, 2.24) is 4.31 Å². The maximum absolute atomic E-state index is 12.8. The molecule has 8 nitrogen and oxygen atoms in total. The van der Waals surface area contributed by atoms with E-state index >= 15 is 0 Å². The molecule has 3 aliphatic rings. The number of sulfonamides is 1. The van der Waals surface area contributed by atoms with Gasteiger partial charge in [-0.3, -0.25) is 4.79 Å². The SMILES string of the molecule is O=C(O)[C@@H]1CCCN1S(=O)(=O)c1ccc(N2CCC3(CC2)OCCO3)cc1. The maximum atomic E-state index is 12.8. The maximum Gasteiger partial charge on any atom is 0.322 e. The van der Waals surface area contributed by atoms with Crippen molar-refractivity contribution in [3.63, 3.8) is 0 Å². The van der Waals surface area contributed by atoms with E-state index in [1.54, 1.807) is 24.3 Å². The molecule has 4 rings (SSSR count). The van der Waals surface area contributed by atoms with E-state index in [-0.39, 0.29) is 11.4 Å². The zero-order valence-corrected chi connectivity index (χ0v) is 15.9. The van der Waals surface area contributed by atoms with E-state index in [1.165, 1.54) is 0 Å². The van der Waals surface area contributed by atoms with E-state index in [1.807, 2.05) is 0 Å². The van der Waals surface area contributed by atoms with E-state index in [0.29, 0.717) is 26.1 Å². The van der Waals surface area contributed by atoms with Gasteiger partial charge in [0.25, 0.3) is 0 Å². The fourth-order valence-corrected chi connectivity index (χ4v) is 5.78. The summed E-state index contributed by atoms with van der Waals surface area (Å²) in [5, 5.41) is 9.26. The Kier molecular flexibility index (Phi) is 4.87. The van der Waals surface area contributed by atoms with Gasteiger partial charge in [0.15, 0.2) is 5.79 Å². The van der Waals surface area contributed by atoms with Gasteiger partial charge in [-0.25, -0.2) is 8.42 Å². The lowest BCUT2D eigenvalue weighted by Gasteiger charge is -2.38. The number of carboxylic acids is 1. The van der Waals surface area contributed by atoms with Crippen molar-refractivity contribution < 1.29 is 27.8 Å². The number of ether oxygens (including phenoxy) is 2. The first-order valence-corrected chi connectivity index (χ1v) is 10.7. The monoisotopic (exact) mass is 396 g/mol. The Morgan fingerprint density at radius 3 is 2.30 bits per heavy atom. The van der Waals surface area contributed by atoms with E-state index in [9.17, 15) is 18.3 Å². The number of carbonyl (C=O) groups is 1. The molecule has 3 fully saturated rings. The number of anilines is 1. The van der Waals surface area contributed by atoms with Crippen LogP contribution < -0.4 is 4.90 Å². The fourth-order valence-electron chi connectivity index (χ4n) is 4.13. The molecule has 3 heterocycles. The van der Waals surface area contributed by atoms with Crippen LogP contribution in [-0.2, 0) is 24.3 Å². The van der Waals surface area contributed by atoms with E-state index in [4.69, 9.17) is 9.47 Å². The third kappa shape index (κ3) is 3.44. The van der Waals surface area contributed by atoms with Crippen LogP contribution in [0.25, 0.3) is 0 Å². The lowest BCUT2D eigenvalue weighted by atomic mass is 10.0. The molecule has 1 aromatic rings. The second kappa shape index (κ2) is 7.05. The van der Waals surface area contributed by atoms with Crippen molar-refractivity contribution in [2.24, 2.45) is 0 Å². The minimum Gasteiger partial charge on any atom is -0.480 e. The largest absolute Gasteiger partial charge is 0.480 e. The molecule has 1 N–H and O–H groups in total. The summed E-state index contributed by atoms with van der Waals surface area (Å²) in [4.78, 5) is 13.6. The standard InChI is InChI=1S/C18H24N2O6S/c21-17(22)16-2-1-9-20(16)27(23,24)15-5-3-14(4-6-15)19-10-7-18(8-11-19)25-12-13-26-18/h3-6,16H,1-2,7-13H2,(H,21,22)/t16-/m0/s1. The van der Waals surface area contributed by atoms with Gasteiger partial charge in [0, 0.05) is 38.2 Å². The highest BCUT2D eigenvalue weighted by Gasteiger charge is 2.41. The van der Waals surface area contributed by atoms with E-state index in [2.05, 4.69) is 4.90 Å². The second-order valence-electron chi connectivity index (χ2n) is 7.20. The topological polar surface area (TPSA) is 96.4 Å². The fraction of sp³-hybridized carbons (Fsp3) is 0.611. The predicted octanol–water partition coefficient (Wildman–Crippen LogP) is 1.27. The molecule has 0 bridgehead atoms.